The van der Waals surface area contributed by atoms with Crippen molar-refractivity contribution in [1.29, 1.82) is 0 Å². The summed E-state index contributed by atoms with van der Waals surface area (Å²) in [5.74, 6) is 0.534. The zero-order valence-corrected chi connectivity index (χ0v) is 13.2. The van der Waals surface area contributed by atoms with Gasteiger partial charge >= 0.3 is 0 Å². The summed E-state index contributed by atoms with van der Waals surface area (Å²) in [6, 6.07) is 0. The Labute approximate surface area is 127 Å². The lowest BCUT2D eigenvalue weighted by Gasteiger charge is -2.28. The van der Waals surface area contributed by atoms with Crippen LogP contribution in [0, 0.1) is 5.92 Å². The molecule has 6 nitrogen and oxygen atoms in total. The molecule has 2 rings (SSSR count). The molecular weight excluding hydrogens is 270 g/mol. The van der Waals surface area contributed by atoms with Gasteiger partial charge in [-0.2, -0.15) is 0 Å². The Morgan fingerprint density at radius 2 is 1.81 bits per heavy atom. The first-order valence-corrected chi connectivity index (χ1v) is 7.87. The maximum Gasteiger partial charge on any atom is 0.236 e. The highest BCUT2D eigenvalue weighted by molar-refractivity contribution is 5.79. The molecule has 6 heteroatoms. The van der Waals surface area contributed by atoms with Crippen LogP contribution in [-0.4, -0.2) is 86.5 Å². The van der Waals surface area contributed by atoms with Gasteiger partial charge in [-0.15, -0.1) is 0 Å². The minimum Gasteiger partial charge on any atom is -0.381 e. The Hall–Kier alpha value is -1.14. The van der Waals surface area contributed by atoms with Gasteiger partial charge in [-0.3, -0.25) is 14.5 Å². The number of rotatable bonds is 3. The summed E-state index contributed by atoms with van der Waals surface area (Å²) >= 11 is 0. The number of likely N-dealkylation sites (N-methyl/N-ethyl adjacent to an activating group) is 1. The van der Waals surface area contributed by atoms with Crippen molar-refractivity contribution in [3.8, 4) is 0 Å². The van der Waals surface area contributed by atoms with Crippen LogP contribution >= 0.6 is 0 Å². The highest BCUT2D eigenvalue weighted by Gasteiger charge is 2.28. The molecule has 2 aliphatic heterocycles. The molecule has 0 saturated carbocycles. The molecule has 0 aromatic heterocycles. The monoisotopic (exact) mass is 297 g/mol. The van der Waals surface area contributed by atoms with E-state index in [0.717, 1.165) is 45.4 Å². The van der Waals surface area contributed by atoms with E-state index in [1.807, 2.05) is 4.90 Å². The van der Waals surface area contributed by atoms with Crippen LogP contribution in [0.15, 0.2) is 0 Å². The minimum atomic E-state index is 0.124. The van der Waals surface area contributed by atoms with Gasteiger partial charge in [-0.1, -0.05) is 0 Å². The van der Waals surface area contributed by atoms with Crippen molar-refractivity contribution in [3.63, 3.8) is 0 Å². The topological polar surface area (TPSA) is 53.1 Å². The average molecular weight is 297 g/mol. The van der Waals surface area contributed by atoms with E-state index in [1.54, 1.807) is 19.0 Å². The number of hydrogen-bond donors (Lipinski definition) is 0. The lowest BCUT2D eigenvalue weighted by Crippen LogP contribution is -2.42. The van der Waals surface area contributed by atoms with Crippen LogP contribution in [0.1, 0.15) is 19.3 Å². The standard InChI is InChI=1S/C15H27N3O3/c1-16(2)14(19)12-17-6-3-7-18(9-8-17)15(20)13-4-10-21-11-5-13/h13H,3-12H2,1-2H3. The predicted molar refractivity (Wildman–Crippen MR) is 79.9 cm³/mol. The Kier molecular flexibility index (Phi) is 5.99. The molecule has 0 bridgehead atoms. The molecule has 0 aromatic carbocycles. The summed E-state index contributed by atoms with van der Waals surface area (Å²) in [5, 5.41) is 0. The molecule has 0 aliphatic carbocycles. The maximum atomic E-state index is 12.5. The number of ether oxygens (including phenoxy) is 1. The van der Waals surface area contributed by atoms with Gasteiger partial charge in [0.2, 0.25) is 11.8 Å². The molecule has 0 radical (unpaired) electrons. The molecule has 2 fully saturated rings. The third-order valence-electron chi connectivity index (χ3n) is 4.33. The smallest absolute Gasteiger partial charge is 0.236 e. The minimum absolute atomic E-state index is 0.124. The lowest BCUT2D eigenvalue weighted by atomic mass is 9.98. The van der Waals surface area contributed by atoms with Crippen molar-refractivity contribution in [3.05, 3.63) is 0 Å². The second kappa shape index (κ2) is 7.75. The summed E-state index contributed by atoms with van der Waals surface area (Å²) in [4.78, 5) is 30.1. The number of carbonyl (C=O) groups excluding carboxylic acids is 2. The van der Waals surface area contributed by atoms with Gasteiger partial charge in [0, 0.05) is 59.4 Å². The van der Waals surface area contributed by atoms with Crippen LogP contribution < -0.4 is 0 Å². The Bertz CT molecular complexity index is 367. The molecule has 2 aliphatic rings. The van der Waals surface area contributed by atoms with E-state index in [1.165, 1.54) is 0 Å². The van der Waals surface area contributed by atoms with Crippen LogP contribution in [-0.2, 0) is 14.3 Å². The van der Waals surface area contributed by atoms with Crippen LogP contribution in [0.5, 0.6) is 0 Å². The SMILES string of the molecule is CN(C)C(=O)CN1CCCN(C(=O)C2CCOCC2)CC1. The second-order valence-electron chi connectivity index (χ2n) is 6.13. The van der Waals surface area contributed by atoms with Crippen LogP contribution in [0.4, 0.5) is 0 Å². The fraction of sp³-hybridized carbons (Fsp3) is 0.867. The first kappa shape index (κ1) is 16.2. The Morgan fingerprint density at radius 1 is 1.10 bits per heavy atom. The van der Waals surface area contributed by atoms with Gasteiger partial charge in [0.25, 0.3) is 0 Å². The van der Waals surface area contributed by atoms with Crippen molar-refractivity contribution in [2.24, 2.45) is 5.92 Å². The third kappa shape index (κ3) is 4.68. The van der Waals surface area contributed by atoms with E-state index in [2.05, 4.69) is 4.90 Å². The Balaban J connectivity index is 1.82. The zero-order chi connectivity index (χ0) is 15.2. The molecule has 0 N–H and O–H groups in total. The van der Waals surface area contributed by atoms with E-state index in [9.17, 15) is 9.59 Å². The van der Waals surface area contributed by atoms with Gasteiger partial charge in [0.1, 0.15) is 0 Å². The van der Waals surface area contributed by atoms with E-state index in [0.29, 0.717) is 19.8 Å². The summed E-state index contributed by atoms with van der Waals surface area (Å²) in [6.07, 6.45) is 2.63. The van der Waals surface area contributed by atoms with Crippen LogP contribution in [0.3, 0.4) is 0 Å². The van der Waals surface area contributed by atoms with E-state index in [4.69, 9.17) is 4.74 Å². The molecule has 2 saturated heterocycles. The fourth-order valence-corrected chi connectivity index (χ4v) is 2.88. The zero-order valence-electron chi connectivity index (χ0n) is 13.2. The average Bonchev–Trinajstić information content (AvgIpc) is 2.73. The fourth-order valence-electron chi connectivity index (χ4n) is 2.88. The molecule has 2 amide bonds. The molecule has 2 heterocycles. The van der Waals surface area contributed by atoms with Gasteiger partial charge in [-0.05, 0) is 19.3 Å². The van der Waals surface area contributed by atoms with Crippen LogP contribution in [0.2, 0.25) is 0 Å². The molecule has 0 aromatic rings. The van der Waals surface area contributed by atoms with Gasteiger partial charge in [0.05, 0.1) is 6.54 Å². The third-order valence-corrected chi connectivity index (χ3v) is 4.33. The molecule has 120 valence electrons. The molecule has 0 unspecified atom stereocenters. The largest absolute Gasteiger partial charge is 0.381 e. The van der Waals surface area contributed by atoms with Gasteiger partial charge < -0.3 is 14.5 Å². The lowest BCUT2D eigenvalue weighted by molar-refractivity contribution is -0.138. The molecule has 0 spiro atoms. The molecule has 21 heavy (non-hydrogen) atoms. The summed E-state index contributed by atoms with van der Waals surface area (Å²) in [5.41, 5.74) is 0. The number of amides is 2. The summed E-state index contributed by atoms with van der Waals surface area (Å²) < 4.78 is 5.32. The molecular formula is C15H27N3O3. The highest BCUT2D eigenvalue weighted by atomic mass is 16.5. The Morgan fingerprint density at radius 3 is 2.48 bits per heavy atom. The molecule has 0 atom stereocenters. The first-order valence-electron chi connectivity index (χ1n) is 7.87. The van der Waals surface area contributed by atoms with E-state index in [-0.39, 0.29) is 17.7 Å². The predicted octanol–water partition coefficient (Wildman–Crippen LogP) is 0.0355. The van der Waals surface area contributed by atoms with E-state index >= 15 is 0 Å². The van der Waals surface area contributed by atoms with Crippen molar-refractivity contribution in [2.75, 3.05) is 60.0 Å². The first-order chi connectivity index (χ1) is 10.1. The van der Waals surface area contributed by atoms with Crippen molar-refractivity contribution >= 4 is 11.8 Å². The number of carbonyl (C=O) groups is 2. The number of nitrogens with zero attached hydrogens (tertiary/aromatic N) is 3. The highest BCUT2D eigenvalue weighted by Crippen LogP contribution is 2.18. The maximum absolute atomic E-state index is 12.5. The number of hydrogen-bond acceptors (Lipinski definition) is 4. The van der Waals surface area contributed by atoms with Crippen molar-refractivity contribution in [1.82, 2.24) is 14.7 Å². The van der Waals surface area contributed by atoms with Crippen molar-refractivity contribution in [2.45, 2.75) is 19.3 Å². The summed E-state index contributed by atoms with van der Waals surface area (Å²) in [7, 11) is 3.56. The van der Waals surface area contributed by atoms with Crippen LogP contribution in [0.25, 0.3) is 0 Å². The van der Waals surface area contributed by atoms with E-state index < -0.39 is 0 Å². The quantitative estimate of drug-likeness (QED) is 0.738. The van der Waals surface area contributed by atoms with Gasteiger partial charge in [0.15, 0.2) is 0 Å². The normalized spacial score (nSPS) is 21.9. The van der Waals surface area contributed by atoms with Gasteiger partial charge in [-0.25, -0.2) is 0 Å². The van der Waals surface area contributed by atoms with Crippen molar-refractivity contribution < 1.29 is 14.3 Å². The second-order valence-corrected chi connectivity index (χ2v) is 6.13. The summed E-state index contributed by atoms with van der Waals surface area (Å²) in [6.45, 7) is 5.07.